The summed E-state index contributed by atoms with van der Waals surface area (Å²) < 4.78 is 0. The predicted octanol–water partition coefficient (Wildman–Crippen LogP) is 2.27. The average molecular weight is 240 g/mol. The third kappa shape index (κ3) is 4.66. The van der Waals surface area contributed by atoms with E-state index in [0.717, 1.165) is 32.5 Å². The molecule has 0 radical (unpaired) electrons. The minimum absolute atomic E-state index is 0.353. The van der Waals surface area contributed by atoms with Crippen LogP contribution in [0, 0.1) is 11.8 Å². The van der Waals surface area contributed by atoms with Crippen molar-refractivity contribution in [1.82, 2.24) is 10.2 Å². The van der Waals surface area contributed by atoms with Crippen molar-refractivity contribution in [3.63, 3.8) is 0 Å². The first-order chi connectivity index (χ1) is 8.04. The topological polar surface area (TPSA) is 32.3 Å². The molecule has 100 valence electrons. The molecule has 1 saturated heterocycles. The summed E-state index contributed by atoms with van der Waals surface area (Å²) in [6.07, 6.45) is 2.99. The molecule has 0 spiro atoms. The molecule has 2 unspecified atom stereocenters. The highest BCUT2D eigenvalue weighted by atomic mass is 16.2. The predicted molar refractivity (Wildman–Crippen MR) is 71.9 cm³/mol. The lowest BCUT2D eigenvalue weighted by Crippen LogP contribution is -2.33. The maximum atomic E-state index is 11.8. The lowest BCUT2D eigenvalue weighted by atomic mass is 9.95. The molecule has 1 amide bonds. The van der Waals surface area contributed by atoms with Gasteiger partial charge in [-0.3, -0.25) is 4.79 Å². The van der Waals surface area contributed by atoms with E-state index in [-0.39, 0.29) is 0 Å². The fraction of sp³-hybridized carbons (Fsp3) is 0.929. The summed E-state index contributed by atoms with van der Waals surface area (Å²) in [7, 11) is 0. The van der Waals surface area contributed by atoms with Gasteiger partial charge in [0, 0.05) is 25.6 Å². The first-order valence-electron chi connectivity index (χ1n) is 7.05. The second-order valence-electron chi connectivity index (χ2n) is 5.69. The Labute approximate surface area is 106 Å². The van der Waals surface area contributed by atoms with Crippen LogP contribution in [0.4, 0.5) is 0 Å². The molecule has 1 aliphatic heterocycles. The van der Waals surface area contributed by atoms with Crippen LogP contribution in [0.1, 0.15) is 47.0 Å². The van der Waals surface area contributed by atoms with Gasteiger partial charge in [0.25, 0.3) is 0 Å². The summed E-state index contributed by atoms with van der Waals surface area (Å²) in [6.45, 7) is 11.8. The number of nitrogens with one attached hydrogen (secondary N) is 1. The Balaban J connectivity index is 2.25. The minimum Gasteiger partial charge on any atom is -0.342 e. The zero-order valence-electron chi connectivity index (χ0n) is 11.8. The van der Waals surface area contributed by atoms with Gasteiger partial charge in [-0.05, 0) is 38.1 Å². The summed E-state index contributed by atoms with van der Waals surface area (Å²) >= 11 is 0. The zero-order chi connectivity index (χ0) is 12.8. The second kappa shape index (κ2) is 7.00. The van der Waals surface area contributed by atoms with Crippen LogP contribution < -0.4 is 5.32 Å². The summed E-state index contributed by atoms with van der Waals surface area (Å²) in [5.41, 5.74) is 0. The van der Waals surface area contributed by atoms with Gasteiger partial charge < -0.3 is 10.2 Å². The standard InChI is InChI=1S/C14H28N2O/c1-5-7-15-12(4)6-8-16-10-13(11(2)3)9-14(16)17/h11-13,15H,5-10H2,1-4H3. The molecular weight excluding hydrogens is 212 g/mol. The number of amides is 1. The lowest BCUT2D eigenvalue weighted by molar-refractivity contribution is -0.127. The zero-order valence-corrected chi connectivity index (χ0v) is 11.8. The van der Waals surface area contributed by atoms with Gasteiger partial charge in [-0.25, -0.2) is 0 Å². The molecule has 1 N–H and O–H groups in total. The summed E-state index contributed by atoms with van der Waals surface area (Å²) in [6, 6.07) is 0.515. The Morgan fingerprint density at radius 2 is 2.12 bits per heavy atom. The molecule has 0 aromatic heterocycles. The van der Waals surface area contributed by atoms with Gasteiger partial charge in [0.15, 0.2) is 0 Å². The molecule has 1 aliphatic rings. The van der Waals surface area contributed by atoms with E-state index in [1.54, 1.807) is 0 Å². The normalized spacial score (nSPS) is 22.5. The highest BCUT2D eigenvalue weighted by Gasteiger charge is 2.30. The number of nitrogens with zero attached hydrogens (tertiary/aromatic N) is 1. The van der Waals surface area contributed by atoms with Gasteiger partial charge in [-0.15, -0.1) is 0 Å². The Hall–Kier alpha value is -0.570. The first-order valence-corrected chi connectivity index (χ1v) is 7.05. The van der Waals surface area contributed by atoms with E-state index < -0.39 is 0 Å². The Kier molecular flexibility index (Phi) is 5.96. The molecule has 0 aromatic carbocycles. The summed E-state index contributed by atoms with van der Waals surface area (Å²) in [5, 5.41) is 3.47. The molecule has 1 rings (SSSR count). The molecule has 3 heteroatoms. The van der Waals surface area contributed by atoms with Crippen molar-refractivity contribution in [2.24, 2.45) is 11.8 Å². The minimum atomic E-state index is 0.353. The average Bonchev–Trinajstić information content (AvgIpc) is 2.65. The van der Waals surface area contributed by atoms with E-state index in [1.807, 2.05) is 0 Å². The van der Waals surface area contributed by atoms with Crippen LogP contribution in [0.5, 0.6) is 0 Å². The molecule has 0 aromatic rings. The molecule has 1 heterocycles. The number of hydrogen-bond acceptors (Lipinski definition) is 2. The maximum Gasteiger partial charge on any atom is 0.222 e. The van der Waals surface area contributed by atoms with Crippen LogP contribution in [0.3, 0.4) is 0 Å². The van der Waals surface area contributed by atoms with Crippen molar-refractivity contribution in [1.29, 1.82) is 0 Å². The Morgan fingerprint density at radius 1 is 1.41 bits per heavy atom. The lowest BCUT2D eigenvalue weighted by Gasteiger charge is -2.20. The molecule has 0 saturated carbocycles. The molecule has 2 atom stereocenters. The second-order valence-corrected chi connectivity index (χ2v) is 5.69. The van der Waals surface area contributed by atoms with Gasteiger partial charge in [-0.2, -0.15) is 0 Å². The highest BCUT2D eigenvalue weighted by Crippen LogP contribution is 2.24. The van der Waals surface area contributed by atoms with E-state index in [0.29, 0.717) is 23.8 Å². The monoisotopic (exact) mass is 240 g/mol. The maximum absolute atomic E-state index is 11.8. The van der Waals surface area contributed by atoms with Gasteiger partial charge in [0.2, 0.25) is 5.91 Å². The molecule has 3 nitrogen and oxygen atoms in total. The van der Waals surface area contributed by atoms with Crippen molar-refractivity contribution in [3.05, 3.63) is 0 Å². The molecule has 0 aliphatic carbocycles. The largest absolute Gasteiger partial charge is 0.342 e. The molecule has 17 heavy (non-hydrogen) atoms. The number of likely N-dealkylation sites (tertiary alicyclic amines) is 1. The number of carbonyl (C=O) groups is 1. The van der Waals surface area contributed by atoms with E-state index in [2.05, 4.69) is 37.9 Å². The molecular formula is C14H28N2O. The van der Waals surface area contributed by atoms with Gasteiger partial charge in [0.1, 0.15) is 0 Å². The SMILES string of the molecule is CCCNC(C)CCN1CC(C(C)C)CC1=O. The number of hydrogen-bond donors (Lipinski definition) is 1. The van der Waals surface area contributed by atoms with E-state index in [4.69, 9.17) is 0 Å². The van der Waals surface area contributed by atoms with Crippen molar-refractivity contribution in [3.8, 4) is 0 Å². The quantitative estimate of drug-likeness (QED) is 0.740. The van der Waals surface area contributed by atoms with Crippen molar-refractivity contribution >= 4 is 5.91 Å². The smallest absolute Gasteiger partial charge is 0.222 e. The van der Waals surface area contributed by atoms with Crippen molar-refractivity contribution < 1.29 is 4.79 Å². The van der Waals surface area contributed by atoms with Crippen LogP contribution in [0.25, 0.3) is 0 Å². The first kappa shape index (κ1) is 14.5. The van der Waals surface area contributed by atoms with Gasteiger partial charge >= 0.3 is 0 Å². The van der Waals surface area contributed by atoms with Crippen molar-refractivity contribution in [2.45, 2.75) is 53.0 Å². The van der Waals surface area contributed by atoms with Crippen LogP contribution in [-0.4, -0.2) is 36.5 Å². The van der Waals surface area contributed by atoms with E-state index in [1.165, 1.54) is 6.42 Å². The molecule has 1 fully saturated rings. The van der Waals surface area contributed by atoms with Crippen LogP contribution >= 0.6 is 0 Å². The van der Waals surface area contributed by atoms with Gasteiger partial charge in [-0.1, -0.05) is 20.8 Å². The number of carbonyl (C=O) groups excluding carboxylic acids is 1. The highest BCUT2D eigenvalue weighted by molar-refractivity contribution is 5.78. The van der Waals surface area contributed by atoms with Crippen LogP contribution in [0.15, 0.2) is 0 Å². The van der Waals surface area contributed by atoms with Crippen molar-refractivity contribution in [2.75, 3.05) is 19.6 Å². The third-order valence-electron chi connectivity index (χ3n) is 3.76. The van der Waals surface area contributed by atoms with E-state index in [9.17, 15) is 4.79 Å². The summed E-state index contributed by atoms with van der Waals surface area (Å²) in [5.74, 6) is 1.55. The third-order valence-corrected chi connectivity index (χ3v) is 3.76. The number of rotatable bonds is 7. The summed E-state index contributed by atoms with van der Waals surface area (Å²) in [4.78, 5) is 13.9. The van der Waals surface area contributed by atoms with E-state index >= 15 is 0 Å². The Bertz CT molecular complexity index is 240. The van der Waals surface area contributed by atoms with Crippen LogP contribution in [-0.2, 0) is 4.79 Å². The Morgan fingerprint density at radius 3 is 2.65 bits per heavy atom. The van der Waals surface area contributed by atoms with Gasteiger partial charge in [0.05, 0.1) is 0 Å². The van der Waals surface area contributed by atoms with Crippen LogP contribution in [0.2, 0.25) is 0 Å². The molecule has 0 bridgehead atoms. The fourth-order valence-corrected chi connectivity index (χ4v) is 2.31. The fourth-order valence-electron chi connectivity index (χ4n) is 2.31.